The molecule has 0 spiro atoms. The minimum atomic E-state index is -3.75. The number of ether oxygens (including phenoxy) is 2. The first-order chi connectivity index (χ1) is 11.9. The molecule has 25 heavy (non-hydrogen) atoms. The van der Waals surface area contributed by atoms with Crippen molar-refractivity contribution in [2.45, 2.75) is 18.4 Å². The molecule has 0 atom stereocenters. The molecule has 0 fully saturated rings. The van der Waals surface area contributed by atoms with Gasteiger partial charge >= 0.3 is 0 Å². The molecule has 2 N–H and O–H groups in total. The molecule has 7 nitrogen and oxygen atoms in total. The quantitative estimate of drug-likeness (QED) is 0.785. The summed E-state index contributed by atoms with van der Waals surface area (Å²) >= 11 is 0. The topological polar surface area (TPSA) is 93.7 Å². The molecule has 0 aromatic heterocycles. The van der Waals surface area contributed by atoms with Gasteiger partial charge in [0.25, 0.3) is 0 Å². The maximum atomic E-state index is 12.5. The van der Waals surface area contributed by atoms with Gasteiger partial charge in [0.05, 0.1) is 24.8 Å². The van der Waals surface area contributed by atoms with Crippen LogP contribution in [0.4, 0.5) is 5.69 Å². The number of hydrogen-bond acceptors (Lipinski definition) is 5. The average Bonchev–Trinajstić information content (AvgIpc) is 2.60. The van der Waals surface area contributed by atoms with E-state index < -0.39 is 10.0 Å². The summed E-state index contributed by atoms with van der Waals surface area (Å²) in [5, 5.41) is 2.55. The van der Waals surface area contributed by atoms with Gasteiger partial charge in [-0.2, -0.15) is 0 Å². The van der Waals surface area contributed by atoms with Crippen LogP contribution < -0.4 is 19.5 Å². The minimum absolute atomic E-state index is 0.0329. The number of benzene rings is 2. The lowest BCUT2D eigenvalue weighted by Gasteiger charge is -2.12. The van der Waals surface area contributed by atoms with Crippen molar-refractivity contribution in [2.75, 3.05) is 19.5 Å². The van der Waals surface area contributed by atoms with Crippen LogP contribution in [0.1, 0.15) is 12.5 Å². The molecule has 0 saturated heterocycles. The third-order valence-electron chi connectivity index (χ3n) is 3.42. The van der Waals surface area contributed by atoms with Gasteiger partial charge in [0.1, 0.15) is 11.5 Å². The molecule has 0 aliphatic rings. The molecule has 0 aliphatic heterocycles. The molecule has 0 radical (unpaired) electrons. The lowest BCUT2D eigenvalue weighted by molar-refractivity contribution is -0.114. The smallest absolute Gasteiger partial charge is 0.240 e. The van der Waals surface area contributed by atoms with Gasteiger partial charge in [-0.05, 0) is 35.9 Å². The monoisotopic (exact) mass is 364 g/mol. The standard InChI is InChI=1S/C17H20N2O5S/c1-12(20)19-16-10-15(8-9-17(16)24-3)25(21,22)18-11-13-4-6-14(23-2)7-5-13/h4-10,18H,11H2,1-3H3,(H,19,20). The van der Waals surface area contributed by atoms with E-state index in [4.69, 9.17) is 9.47 Å². The molecule has 8 heteroatoms. The molecule has 1 amide bonds. The molecular formula is C17H20N2O5S. The highest BCUT2D eigenvalue weighted by Crippen LogP contribution is 2.27. The maximum absolute atomic E-state index is 12.5. The first-order valence-electron chi connectivity index (χ1n) is 7.44. The molecule has 2 rings (SSSR count). The fourth-order valence-corrected chi connectivity index (χ4v) is 3.19. The fraction of sp³-hybridized carbons (Fsp3) is 0.235. The van der Waals surface area contributed by atoms with Crippen molar-refractivity contribution in [2.24, 2.45) is 0 Å². The van der Waals surface area contributed by atoms with Crippen molar-refractivity contribution in [1.82, 2.24) is 4.72 Å². The average molecular weight is 364 g/mol. The van der Waals surface area contributed by atoms with Gasteiger partial charge in [-0.3, -0.25) is 4.79 Å². The van der Waals surface area contributed by atoms with E-state index >= 15 is 0 Å². The van der Waals surface area contributed by atoms with Crippen LogP contribution in [-0.4, -0.2) is 28.5 Å². The van der Waals surface area contributed by atoms with Crippen molar-refractivity contribution in [3.8, 4) is 11.5 Å². The van der Waals surface area contributed by atoms with E-state index in [0.717, 1.165) is 5.56 Å². The summed E-state index contributed by atoms with van der Waals surface area (Å²) < 4.78 is 37.7. The molecule has 2 aromatic rings. The zero-order chi connectivity index (χ0) is 18.4. The molecular weight excluding hydrogens is 344 g/mol. The van der Waals surface area contributed by atoms with E-state index in [-0.39, 0.29) is 17.3 Å². The summed E-state index contributed by atoms with van der Waals surface area (Å²) in [5.74, 6) is 0.755. The van der Waals surface area contributed by atoms with Gasteiger partial charge in [-0.15, -0.1) is 0 Å². The Morgan fingerprint density at radius 1 is 1.04 bits per heavy atom. The summed E-state index contributed by atoms with van der Waals surface area (Å²) in [6, 6.07) is 11.3. The SMILES string of the molecule is COc1ccc(CNS(=O)(=O)c2ccc(OC)c(NC(C)=O)c2)cc1. The summed E-state index contributed by atoms with van der Waals surface area (Å²) in [4.78, 5) is 11.3. The Kier molecular flexibility index (Phi) is 6.00. The van der Waals surface area contributed by atoms with E-state index in [1.807, 2.05) is 0 Å². The Morgan fingerprint density at radius 3 is 2.28 bits per heavy atom. The van der Waals surface area contributed by atoms with Gasteiger partial charge in [0, 0.05) is 13.5 Å². The van der Waals surface area contributed by atoms with Crippen LogP contribution in [0.5, 0.6) is 11.5 Å². The van der Waals surface area contributed by atoms with Crippen LogP contribution in [0.25, 0.3) is 0 Å². The Bertz CT molecular complexity index is 848. The largest absolute Gasteiger partial charge is 0.497 e. The molecule has 0 bridgehead atoms. The molecule has 0 aliphatic carbocycles. The van der Waals surface area contributed by atoms with E-state index in [0.29, 0.717) is 17.2 Å². The first kappa shape index (κ1) is 18.8. The number of amides is 1. The van der Waals surface area contributed by atoms with Crippen LogP contribution in [0.2, 0.25) is 0 Å². The molecule has 0 unspecified atom stereocenters. The van der Waals surface area contributed by atoms with E-state index in [1.54, 1.807) is 31.4 Å². The second-order valence-electron chi connectivity index (χ2n) is 5.22. The van der Waals surface area contributed by atoms with Crippen molar-refractivity contribution in [1.29, 1.82) is 0 Å². The highest BCUT2D eigenvalue weighted by molar-refractivity contribution is 7.89. The number of rotatable bonds is 7. The number of methoxy groups -OCH3 is 2. The summed E-state index contributed by atoms with van der Waals surface area (Å²) in [5.41, 5.74) is 1.09. The zero-order valence-electron chi connectivity index (χ0n) is 14.2. The second kappa shape index (κ2) is 8.00. The molecule has 0 saturated carbocycles. The first-order valence-corrected chi connectivity index (χ1v) is 8.92. The van der Waals surface area contributed by atoms with E-state index in [9.17, 15) is 13.2 Å². The van der Waals surface area contributed by atoms with Crippen molar-refractivity contribution >= 4 is 21.6 Å². The van der Waals surface area contributed by atoms with Crippen molar-refractivity contribution in [3.63, 3.8) is 0 Å². The predicted octanol–water partition coefficient (Wildman–Crippen LogP) is 2.14. The maximum Gasteiger partial charge on any atom is 0.240 e. The fourth-order valence-electron chi connectivity index (χ4n) is 2.15. The number of sulfonamides is 1. The summed E-state index contributed by atoms with van der Waals surface area (Å²) in [6.45, 7) is 1.47. The van der Waals surface area contributed by atoms with Gasteiger partial charge in [-0.25, -0.2) is 13.1 Å². The molecule has 0 heterocycles. The van der Waals surface area contributed by atoms with Crippen LogP contribution >= 0.6 is 0 Å². The second-order valence-corrected chi connectivity index (χ2v) is 6.98. The summed E-state index contributed by atoms with van der Waals surface area (Å²) in [7, 11) is -0.741. The predicted molar refractivity (Wildman–Crippen MR) is 94.3 cm³/mol. The number of nitrogens with one attached hydrogen (secondary N) is 2. The molecule has 2 aromatic carbocycles. The highest BCUT2D eigenvalue weighted by atomic mass is 32.2. The number of carbonyl (C=O) groups is 1. The summed E-state index contributed by atoms with van der Waals surface area (Å²) in [6.07, 6.45) is 0. The Morgan fingerprint density at radius 2 is 1.72 bits per heavy atom. The third-order valence-corrected chi connectivity index (χ3v) is 4.82. The van der Waals surface area contributed by atoms with Crippen molar-refractivity contribution in [3.05, 3.63) is 48.0 Å². The number of anilines is 1. The van der Waals surface area contributed by atoms with Crippen molar-refractivity contribution < 1.29 is 22.7 Å². The number of carbonyl (C=O) groups excluding carboxylic acids is 1. The van der Waals surface area contributed by atoms with Gasteiger partial charge in [0.2, 0.25) is 15.9 Å². The van der Waals surface area contributed by atoms with Crippen LogP contribution in [-0.2, 0) is 21.4 Å². The Labute approximate surface area is 147 Å². The van der Waals surface area contributed by atoms with Gasteiger partial charge in [-0.1, -0.05) is 12.1 Å². The van der Waals surface area contributed by atoms with Gasteiger partial charge in [0.15, 0.2) is 0 Å². The zero-order valence-corrected chi connectivity index (χ0v) is 15.0. The lowest BCUT2D eigenvalue weighted by Crippen LogP contribution is -2.23. The van der Waals surface area contributed by atoms with Crippen LogP contribution in [0.3, 0.4) is 0 Å². The van der Waals surface area contributed by atoms with Gasteiger partial charge < -0.3 is 14.8 Å². The lowest BCUT2D eigenvalue weighted by atomic mass is 10.2. The van der Waals surface area contributed by atoms with Crippen LogP contribution in [0, 0.1) is 0 Å². The van der Waals surface area contributed by atoms with E-state index in [2.05, 4.69) is 10.0 Å². The molecule has 134 valence electrons. The number of hydrogen-bond donors (Lipinski definition) is 2. The van der Waals surface area contributed by atoms with E-state index in [1.165, 1.54) is 32.2 Å². The highest BCUT2D eigenvalue weighted by Gasteiger charge is 2.17. The van der Waals surface area contributed by atoms with Crippen LogP contribution in [0.15, 0.2) is 47.4 Å². The Balaban J connectivity index is 2.18. The third kappa shape index (κ3) is 4.94. The minimum Gasteiger partial charge on any atom is -0.497 e. The normalized spacial score (nSPS) is 11.0. The Hall–Kier alpha value is -2.58.